The lowest BCUT2D eigenvalue weighted by molar-refractivity contribution is 0.306. The molecule has 0 bridgehead atoms. The van der Waals surface area contributed by atoms with Crippen LogP contribution in [0.2, 0.25) is 5.02 Å². The van der Waals surface area contributed by atoms with Crippen molar-refractivity contribution in [2.45, 2.75) is 20.1 Å². The van der Waals surface area contributed by atoms with Crippen LogP contribution in [0.1, 0.15) is 16.7 Å². The van der Waals surface area contributed by atoms with Crippen molar-refractivity contribution in [3.63, 3.8) is 0 Å². The molecule has 0 unspecified atom stereocenters. The minimum atomic E-state index is 0.510. The van der Waals surface area contributed by atoms with Crippen LogP contribution in [0.5, 0.6) is 5.75 Å². The number of hydrogen-bond acceptors (Lipinski definition) is 2. The van der Waals surface area contributed by atoms with Gasteiger partial charge in [-0.25, -0.2) is 0 Å². The van der Waals surface area contributed by atoms with Crippen LogP contribution in [0, 0.1) is 6.92 Å². The van der Waals surface area contributed by atoms with E-state index in [0.717, 1.165) is 21.3 Å². The number of benzene rings is 3. The van der Waals surface area contributed by atoms with E-state index in [1.165, 1.54) is 5.56 Å². The minimum absolute atomic E-state index is 0.510. The van der Waals surface area contributed by atoms with Gasteiger partial charge < -0.3 is 10.1 Å². The third-order valence-electron chi connectivity index (χ3n) is 3.85. The maximum atomic E-state index is 6.36. The molecule has 0 heterocycles. The first-order valence-electron chi connectivity index (χ1n) is 8.06. The summed E-state index contributed by atoms with van der Waals surface area (Å²) in [6.45, 7) is 3.29. The van der Waals surface area contributed by atoms with Crippen LogP contribution in [0.3, 0.4) is 0 Å². The quantitative estimate of drug-likeness (QED) is 0.488. The number of ether oxygens (including phenoxy) is 1. The summed E-state index contributed by atoms with van der Waals surface area (Å²) in [6.07, 6.45) is 0. The van der Waals surface area contributed by atoms with Crippen molar-refractivity contribution < 1.29 is 4.74 Å². The first-order chi connectivity index (χ1) is 12.1. The fraction of sp³-hybridized carbons (Fsp3) is 0.143. The van der Waals surface area contributed by atoms with E-state index in [1.54, 1.807) is 0 Å². The third-order valence-corrected chi connectivity index (χ3v) is 4.68. The summed E-state index contributed by atoms with van der Waals surface area (Å²) in [5, 5.41) is 4.00. The molecular formula is C21H19BrClNO. The number of anilines is 1. The van der Waals surface area contributed by atoms with E-state index in [2.05, 4.69) is 52.4 Å². The van der Waals surface area contributed by atoms with Crippen molar-refractivity contribution in [2.75, 3.05) is 5.32 Å². The fourth-order valence-electron chi connectivity index (χ4n) is 2.39. The molecule has 0 spiro atoms. The molecule has 0 amide bonds. The number of hydrogen-bond donors (Lipinski definition) is 1. The van der Waals surface area contributed by atoms with E-state index in [1.807, 2.05) is 42.5 Å². The molecule has 0 aliphatic carbocycles. The Balaban J connectivity index is 1.58. The number of nitrogens with one attached hydrogen (secondary N) is 1. The molecule has 0 aliphatic rings. The molecular weight excluding hydrogens is 398 g/mol. The summed E-state index contributed by atoms with van der Waals surface area (Å²) in [7, 11) is 0. The molecule has 0 saturated heterocycles. The zero-order valence-corrected chi connectivity index (χ0v) is 16.3. The Labute approximate surface area is 161 Å². The summed E-state index contributed by atoms with van der Waals surface area (Å²) >= 11 is 9.80. The summed E-state index contributed by atoms with van der Waals surface area (Å²) < 4.78 is 6.90. The molecule has 0 aromatic heterocycles. The first kappa shape index (κ1) is 17.8. The highest BCUT2D eigenvalue weighted by molar-refractivity contribution is 9.10. The van der Waals surface area contributed by atoms with Gasteiger partial charge in [0.1, 0.15) is 12.4 Å². The molecule has 1 N–H and O–H groups in total. The van der Waals surface area contributed by atoms with Gasteiger partial charge in [-0.3, -0.25) is 0 Å². The summed E-state index contributed by atoms with van der Waals surface area (Å²) in [5.41, 5.74) is 4.54. The van der Waals surface area contributed by atoms with E-state index >= 15 is 0 Å². The SMILES string of the molecule is Cc1ccc(COc2ccc(CNc3ccc(Br)cc3)cc2Cl)cc1. The highest BCUT2D eigenvalue weighted by Crippen LogP contribution is 2.27. The second kappa shape index (κ2) is 8.41. The Morgan fingerprint density at radius 3 is 2.28 bits per heavy atom. The molecule has 0 fully saturated rings. The Morgan fingerprint density at radius 2 is 1.60 bits per heavy atom. The summed E-state index contributed by atoms with van der Waals surface area (Å²) in [4.78, 5) is 0. The standard InChI is InChI=1S/C21H19BrClNO/c1-15-2-4-16(5-3-15)14-25-21-11-6-17(12-20(21)23)13-24-19-9-7-18(22)8-10-19/h2-12,24H,13-14H2,1H3. The molecule has 3 rings (SSSR count). The largest absolute Gasteiger partial charge is 0.487 e. The van der Waals surface area contributed by atoms with Gasteiger partial charge >= 0.3 is 0 Å². The van der Waals surface area contributed by atoms with Gasteiger partial charge in [-0.15, -0.1) is 0 Å². The maximum absolute atomic E-state index is 6.36. The van der Waals surface area contributed by atoms with Crippen LogP contribution in [-0.2, 0) is 13.2 Å². The van der Waals surface area contributed by atoms with Crippen LogP contribution in [0.4, 0.5) is 5.69 Å². The summed E-state index contributed by atoms with van der Waals surface area (Å²) in [5.74, 6) is 0.703. The first-order valence-corrected chi connectivity index (χ1v) is 9.23. The average molecular weight is 417 g/mol. The Kier molecular flexibility index (Phi) is 6.00. The molecule has 0 atom stereocenters. The van der Waals surface area contributed by atoms with Crippen molar-refractivity contribution >= 4 is 33.2 Å². The van der Waals surface area contributed by atoms with Gasteiger partial charge in [0.25, 0.3) is 0 Å². The Hall–Kier alpha value is -1.97. The predicted molar refractivity (Wildman–Crippen MR) is 108 cm³/mol. The van der Waals surface area contributed by atoms with Crippen LogP contribution < -0.4 is 10.1 Å². The maximum Gasteiger partial charge on any atom is 0.138 e. The second-order valence-corrected chi connectivity index (χ2v) is 7.22. The van der Waals surface area contributed by atoms with Gasteiger partial charge in [0.2, 0.25) is 0 Å². The highest BCUT2D eigenvalue weighted by Gasteiger charge is 2.04. The molecule has 3 aromatic carbocycles. The van der Waals surface area contributed by atoms with Gasteiger partial charge in [-0.05, 0) is 54.4 Å². The van der Waals surface area contributed by atoms with Crippen molar-refractivity contribution in [3.8, 4) is 5.75 Å². The van der Waals surface area contributed by atoms with Gasteiger partial charge in [-0.2, -0.15) is 0 Å². The van der Waals surface area contributed by atoms with E-state index in [0.29, 0.717) is 23.9 Å². The average Bonchev–Trinajstić information content (AvgIpc) is 2.62. The van der Waals surface area contributed by atoms with Gasteiger partial charge in [-0.1, -0.05) is 63.4 Å². The van der Waals surface area contributed by atoms with Crippen LogP contribution >= 0.6 is 27.5 Å². The summed E-state index contributed by atoms with van der Waals surface area (Å²) in [6, 6.07) is 22.3. The van der Waals surface area contributed by atoms with E-state index in [4.69, 9.17) is 16.3 Å². The molecule has 0 aliphatic heterocycles. The van der Waals surface area contributed by atoms with Gasteiger partial charge in [0.15, 0.2) is 0 Å². The lowest BCUT2D eigenvalue weighted by Crippen LogP contribution is -2.00. The van der Waals surface area contributed by atoms with Crippen LogP contribution in [0.25, 0.3) is 0 Å². The number of halogens is 2. The number of rotatable bonds is 6. The van der Waals surface area contributed by atoms with E-state index in [-0.39, 0.29) is 0 Å². The molecule has 0 saturated carbocycles. The lowest BCUT2D eigenvalue weighted by Gasteiger charge is -2.11. The second-order valence-electron chi connectivity index (χ2n) is 5.90. The Morgan fingerprint density at radius 1 is 0.920 bits per heavy atom. The Bertz CT molecular complexity index is 832. The zero-order chi connectivity index (χ0) is 17.6. The van der Waals surface area contributed by atoms with Gasteiger partial charge in [0.05, 0.1) is 5.02 Å². The zero-order valence-electron chi connectivity index (χ0n) is 13.9. The third kappa shape index (κ3) is 5.25. The van der Waals surface area contributed by atoms with Crippen molar-refractivity contribution in [2.24, 2.45) is 0 Å². The monoisotopic (exact) mass is 415 g/mol. The molecule has 2 nitrogen and oxygen atoms in total. The normalized spacial score (nSPS) is 10.5. The molecule has 25 heavy (non-hydrogen) atoms. The fourth-order valence-corrected chi connectivity index (χ4v) is 2.91. The highest BCUT2D eigenvalue weighted by atomic mass is 79.9. The molecule has 128 valence electrons. The molecule has 4 heteroatoms. The van der Waals surface area contributed by atoms with Crippen molar-refractivity contribution in [3.05, 3.63) is 92.9 Å². The minimum Gasteiger partial charge on any atom is -0.487 e. The van der Waals surface area contributed by atoms with Crippen molar-refractivity contribution in [1.82, 2.24) is 0 Å². The molecule has 3 aromatic rings. The van der Waals surface area contributed by atoms with E-state index < -0.39 is 0 Å². The smallest absolute Gasteiger partial charge is 0.138 e. The lowest BCUT2D eigenvalue weighted by atomic mass is 10.2. The molecule has 0 radical (unpaired) electrons. The predicted octanol–water partition coefficient (Wildman–Crippen LogP) is 6.60. The van der Waals surface area contributed by atoms with Gasteiger partial charge in [0, 0.05) is 16.7 Å². The topological polar surface area (TPSA) is 21.3 Å². The van der Waals surface area contributed by atoms with Crippen LogP contribution in [0.15, 0.2) is 71.2 Å². The van der Waals surface area contributed by atoms with Crippen LogP contribution in [-0.4, -0.2) is 0 Å². The van der Waals surface area contributed by atoms with Crippen molar-refractivity contribution in [1.29, 1.82) is 0 Å². The van der Waals surface area contributed by atoms with E-state index in [9.17, 15) is 0 Å². The number of aryl methyl sites for hydroxylation is 1.